The minimum Gasteiger partial charge on any atom is -0.394 e. The molecular formula is C12H23NO6. The molecule has 0 saturated carbocycles. The maximum atomic E-state index is 9.85. The molecule has 0 aliphatic carbocycles. The number of hydrogen-bond donors (Lipinski definition) is 4. The average molecular weight is 277 g/mol. The molecule has 2 heterocycles. The average Bonchev–Trinajstić information content (AvgIpc) is 2.64. The fourth-order valence-electron chi connectivity index (χ4n) is 2.47. The van der Waals surface area contributed by atoms with Gasteiger partial charge in [0.15, 0.2) is 0 Å². The number of rotatable bonds is 4. The predicted octanol–water partition coefficient (Wildman–Crippen LogP) is -1.41. The second kappa shape index (κ2) is 6.94. The van der Waals surface area contributed by atoms with Gasteiger partial charge in [0.1, 0.15) is 24.4 Å². The van der Waals surface area contributed by atoms with Gasteiger partial charge in [-0.3, -0.25) is 4.84 Å². The molecular weight excluding hydrogens is 254 g/mol. The zero-order valence-electron chi connectivity index (χ0n) is 10.9. The van der Waals surface area contributed by atoms with Gasteiger partial charge in [0, 0.05) is 13.1 Å². The van der Waals surface area contributed by atoms with Crippen LogP contribution in [0.1, 0.15) is 25.7 Å². The molecule has 0 radical (unpaired) electrons. The molecule has 2 saturated heterocycles. The summed E-state index contributed by atoms with van der Waals surface area (Å²) in [4.78, 5) is 5.55. The van der Waals surface area contributed by atoms with Crippen molar-refractivity contribution >= 4 is 0 Å². The Hall–Kier alpha value is -0.280. The van der Waals surface area contributed by atoms with Crippen molar-refractivity contribution in [2.24, 2.45) is 0 Å². The summed E-state index contributed by atoms with van der Waals surface area (Å²) < 4.78 is 5.31. The highest BCUT2D eigenvalue weighted by atomic mass is 16.8. The van der Waals surface area contributed by atoms with Crippen LogP contribution < -0.4 is 0 Å². The molecule has 2 fully saturated rings. The number of hydroxylamine groups is 2. The molecule has 19 heavy (non-hydrogen) atoms. The van der Waals surface area contributed by atoms with Crippen LogP contribution in [0.2, 0.25) is 0 Å². The first-order chi connectivity index (χ1) is 9.13. The van der Waals surface area contributed by atoms with Gasteiger partial charge < -0.3 is 25.2 Å². The minimum absolute atomic E-state index is 0.537. The molecule has 7 heteroatoms. The quantitative estimate of drug-likeness (QED) is 0.501. The third kappa shape index (κ3) is 3.63. The largest absolute Gasteiger partial charge is 0.394 e. The van der Waals surface area contributed by atoms with Crippen LogP contribution in [0.3, 0.4) is 0 Å². The van der Waals surface area contributed by atoms with Gasteiger partial charge in [-0.15, -0.1) is 0 Å². The summed E-state index contributed by atoms with van der Waals surface area (Å²) >= 11 is 0. The Morgan fingerprint density at radius 2 is 1.74 bits per heavy atom. The molecule has 0 bridgehead atoms. The summed E-state index contributed by atoms with van der Waals surface area (Å²) in [7, 11) is 0. The van der Waals surface area contributed by atoms with Gasteiger partial charge in [-0.05, 0) is 12.8 Å². The fraction of sp³-hybridized carbons (Fsp3) is 1.00. The lowest BCUT2D eigenvalue weighted by atomic mass is 10.1. The Morgan fingerprint density at radius 3 is 2.32 bits per heavy atom. The van der Waals surface area contributed by atoms with Crippen molar-refractivity contribution in [3.63, 3.8) is 0 Å². The summed E-state index contributed by atoms with van der Waals surface area (Å²) in [5.74, 6) is 0. The van der Waals surface area contributed by atoms with Crippen LogP contribution in [-0.2, 0) is 9.57 Å². The lowest BCUT2D eigenvalue weighted by Crippen LogP contribution is -2.41. The first-order valence-corrected chi connectivity index (χ1v) is 6.85. The van der Waals surface area contributed by atoms with E-state index in [-0.39, 0.29) is 0 Å². The van der Waals surface area contributed by atoms with E-state index in [1.165, 1.54) is 0 Å². The predicted molar refractivity (Wildman–Crippen MR) is 64.9 cm³/mol. The van der Waals surface area contributed by atoms with Crippen molar-refractivity contribution in [1.82, 2.24) is 5.06 Å². The first kappa shape index (κ1) is 15.1. The van der Waals surface area contributed by atoms with Crippen LogP contribution in [0.5, 0.6) is 0 Å². The van der Waals surface area contributed by atoms with E-state index in [1.54, 1.807) is 5.06 Å². The van der Waals surface area contributed by atoms with Crippen molar-refractivity contribution in [1.29, 1.82) is 0 Å². The third-order valence-corrected chi connectivity index (χ3v) is 3.64. The van der Waals surface area contributed by atoms with Crippen molar-refractivity contribution in [3.05, 3.63) is 0 Å². The number of aliphatic hydroxyl groups excluding tert-OH is 4. The smallest absolute Gasteiger partial charge is 0.206 e. The molecule has 0 aromatic carbocycles. The van der Waals surface area contributed by atoms with E-state index in [1.807, 2.05) is 0 Å². The lowest BCUT2D eigenvalue weighted by molar-refractivity contribution is -0.294. The van der Waals surface area contributed by atoms with Crippen LogP contribution in [0.15, 0.2) is 0 Å². The monoisotopic (exact) mass is 277 g/mol. The normalized spacial score (nSPS) is 39.2. The molecule has 5 atom stereocenters. The molecule has 2 aliphatic heterocycles. The molecule has 0 amide bonds. The second-order valence-corrected chi connectivity index (χ2v) is 5.15. The Morgan fingerprint density at radius 1 is 1.11 bits per heavy atom. The van der Waals surface area contributed by atoms with Crippen molar-refractivity contribution in [2.45, 2.75) is 56.4 Å². The summed E-state index contributed by atoms with van der Waals surface area (Å²) in [5.41, 5.74) is 0. The van der Waals surface area contributed by atoms with E-state index >= 15 is 0 Å². The van der Waals surface area contributed by atoms with Gasteiger partial charge >= 0.3 is 0 Å². The van der Waals surface area contributed by atoms with Crippen molar-refractivity contribution in [2.75, 3.05) is 19.7 Å². The highest BCUT2D eigenvalue weighted by Crippen LogP contribution is 2.26. The first-order valence-electron chi connectivity index (χ1n) is 6.85. The standard InChI is InChI=1S/C12H23NO6/c14-7-8(15)11-9(16)10(17)12(18-11)19-13-5-3-1-2-4-6-13/h8-12,14-17H,1-7H2/t8-,9-,10-,11-,12-/m1/s1. The molecule has 0 aromatic heterocycles. The summed E-state index contributed by atoms with van der Waals surface area (Å²) in [5, 5.41) is 39.7. The van der Waals surface area contributed by atoms with Gasteiger partial charge in [-0.1, -0.05) is 12.8 Å². The Bertz CT molecular complexity index is 271. The van der Waals surface area contributed by atoms with Gasteiger partial charge in [0.2, 0.25) is 6.29 Å². The molecule has 0 unspecified atom stereocenters. The fourth-order valence-corrected chi connectivity index (χ4v) is 2.47. The molecule has 112 valence electrons. The zero-order chi connectivity index (χ0) is 13.8. The van der Waals surface area contributed by atoms with Gasteiger partial charge in [0.25, 0.3) is 0 Å². The SMILES string of the molecule is OC[C@@H](O)[C@H]1O[C@H](ON2CCCCCC2)[C@H](O)[C@H]1O. The molecule has 0 aromatic rings. The van der Waals surface area contributed by atoms with Crippen LogP contribution >= 0.6 is 0 Å². The number of hydrogen-bond acceptors (Lipinski definition) is 7. The van der Waals surface area contributed by atoms with Crippen LogP contribution in [0.4, 0.5) is 0 Å². The second-order valence-electron chi connectivity index (χ2n) is 5.15. The summed E-state index contributed by atoms with van der Waals surface area (Å²) in [6.07, 6.45) is -1.40. The summed E-state index contributed by atoms with van der Waals surface area (Å²) in [6.45, 7) is 0.983. The minimum atomic E-state index is -1.26. The third-order valence-electron chi connectivity index (χ3n) is 3.64. The van der Waals surface area contributed by atoms with Crippen LogP contribution in [-0.4, -0.2) is 75.9 Å². The zero-order valence-corrected chi connectivity index (χ0v) is 10.9. The van der Waals surface area contributed by atoms with Crippen molar-refractivity contribution < 1.29 is 30.0 Å². The maximum Gasteiger partial charge on any atom is 0.206 e. The number of aliphatic hydroxyl groups is 4. The molecule has 2 rings (SSSR count). The van der Waals surface area contributed by atoms with E-state index in [0.717, 1.165) is 38.8 Å². The van der Waals surface area contributed by atoms with Crippen molar-refractivity contribution in [3.8, 4) is 0 Å². The summed E-state index contributed by atoms with van der Waals surface area (Å²) in [6, 6.07) is 0. The van der Waals surface area contributed by atoms with Gasteiger partial charge in [-0.25, -0.2) is 0 Å². The Balaban J connectivity index is 1.89. The van der Waals surface area contributed by atoms with Gasteiger partial charge in [0.05, 0.1) is 6.61 Å². The highest BCUT2D eigenvalue weighted by molar-refractivity contribution is 4.90. The highest BCUT2D eigenvalue weighted by Gasteiger charge is 2.47. The van der Waals surface area contributed by atoms with E-state index < -0.39 is 37.3 Å². The topological polar surface area (TPSA) is 103 Å². The van der Waals surface area contributed by atoms with E-state index in [9.17, 15) is 15.3 Å². The molecule has 0 spiro atoms. The van der Waals surface area contributed by atoms with E-state index in [0.29, 0.717) is 0 Å². The number of ether oxygens (including phenoxy) is 1. The Kier molecular flexibility index (Phi) is 5.52. The maximum absolute atomic E-state index is 9.85. The van der Waals surface area contributed by atoms with E-state index in [2.05, 4.69) is 0 Å². The Labute approximate surface area is 112 Å². The van der Waals surface area contributed by atoms with Crippen LogP contribution in [0.25, 0.3) is 0 Å². The molecule has 4 N–H and O–H groups in total. The number of nitrogens with zero attached hydrogens (tertiary/aromatic N) is 1. The van der Waals surface area contributed by atoms with Crippen LogP contribution in [0, 0.1) is 0 Å². The molecule has 7 nitrogen and oxygen atoms in total. The van der Waals surface area contributed by atoms with E-state index in [4.69, 9.17) is 14.7 Å². The van der Waals surface area contributed by atoms with Gasteiger partial charge in [-0.2, -0.15) is 5.06 Å². The lowest BCUT2D eigenvalue weighted by Gasteiger charge is -2.25. The molecule has 2 aliphatic rings.